The van der Waals surface area contributed by atoms with E-state index in [2.05, 4.69) is 10.4 Å². The van der Waals surface area contributed by atoms with E-state index < -0.39 is 12.0 Å². The number of carbonyl (C=O) groups is 2. The van der Waals surface area contributed by atoms with Crippen molar-refractivity contribution in [3.05, 3.63) is 53.9 Å². The number of hydrogen-bond donors (Lipinski definition) is 2. The van der Waals surface area contributed by atoms with Gasteiger partial charge in [-0.3, -0.25) is 9.48 Å². The lowest BCUT2D eigenvalue weighted by molar-refractivity contribution is -0.142. The first-order valence-corrected chi connectivity index (χ1v) is 8.31. The van der Waals surface area contributed by atoms with Crippen LogP contribution in [0.4, 0.5) is 0 Å². The third kappa shape index (κ3) is 4.45. The molecule has 132 valence electrons. The molecule has 0 bridgehead atoms. The van der Waals surface area contributed by atoms with Gasteiger partial charge in [0.25, 0.3) is 5.91 Å². The molecule has 2 N–H and O–H groups in total. The van der Waals surface area contributed by atoms with Crippen molar-refractivity contribution in [2.24, 2.45) is 5.92 Å². The van der Waals surface area contributed by atoms with Crippen LogP contribution in [0.5, 0.6) is 0 Å². The molecule has 0 saturated carbocycles. The maximum absolute atomic E-state index is 12.4. The Labute approximate surface area is 145 Å². The van der Waals surface area contributed by atoms with Gasteiger partial charge < -0.3 is 15.2 Å². The number of aromatic nitrogens is 2. The van der Waals surface area contributed by atoms with Gasteiger partial charge in [0.1, 0.15) is 6.04 Å². The van der Waals surface area contributed by atoms with Crippen LogP contribution in [0, 0.1) is 5.92 Å². The Hall–Kier alpha value is -2.67. The van der Waals surface area contributed by atoms with Crippen molar-refractivity contribution >= 4 is 11.9 Å². The second kappa shape index (κ2) is 7.94. The molecule has 1 amide bonds. The van der Waals surface area contributed by atoms with Crippen LogP contribution in [0.15, 0.2) is 42.7 Å². The van der Waals surface area contributed by atoms with Crippen LogP contribution >= 0.6 is 0 Å². The third-order valence-electron chi connectivity index (χ3n) is 4.34. The Balaban J connectivity index is 1.63. The third-order valence-corrected chi connectivity index (χ3v) is 4.34. The van der Waals surface area contributed by atoms with Gasteiger partial charge in [-0.05, 0) is 36.6 Å². The number of rotatable bonds is 6. The monoisotopic (exact) mass is 343 g/mol. The normalized spacial score (nSPS) is 18.5. The molecule has 7 heteroatoms. The van der Waals surface area contributed by atoms with E-state index in [9.17, 15) is 14.7 Å². The Kier molecular flexibility index (Phi) is 5.45. The van der Waals surface area contributed by atoms with Crippen LogP contribution < -0.4 is 5.32 Å². The molecule has 1 saturated heterocycles. The van der Waals surface area contributed by atoms with Gasteiger partial charge >= 0.3 is 5.97 Å². The highest BCUT2D eigenvalue weighted by atomic mass is 16.5. The van der Waals surface area contributed by atoms with Crippen molar-refractivity contribution < 1.29 is 19.4 Å². The standard InChI is InChI=1S/C18H21N3O4/c22-17(20-16(18(23)24)15-3-1-10-25-12-15)14-6-4-13(5-7-14)11-21-9-2-8-19-21/h2,4-9,15-16H,1,3,10-12H2,(H,20,22)(H,23,24)/t15-,16+/m0/s1. The maximum Gasteiger partial charge on any atom is 0.326 e. The minimum absolute atomic E-state index is 0.200. The number of nitrogens with zero attached hydrogens (tertiary/aromatic N) is 2. The minimum Gasteiger partial charge on any atom is -0.480 e. The molecular weight excluding hydrogens is 322 g/mol. The molecule has 1 aromatic carbocycles. The molecule has 1 aliphatic heterocycles. The fourth-order valence-electron chi connectivity index (χ4n) is 2.98. The van der Waals surface area contributed by atoms with Crippen molar-refractivity contribution in [1.29, 1.82) is 0 Å². The van der Waals surface area contributed by atoms with E-state index in [-0.39, 0.29) is 11.8 Å². The lowest BCUT2D eigenvalue weighted by atomic mass is 9.93. The van der Waals surface area contributed by atoms with Gasteiger partial charge in [-0.2, -0.15) is 5.10 Å². The molecule has 0 unspecified atom stereocenters. The highest BCUT2D eigenvalue weighted by Gasteiger charge is 2.31. The summed E-state index contributed by atoms with van der Waals surface area (Å²) in [6.45, 7) is 1.63. The van der Waals surface area contributed by atoms with Crippen LogP contribution in [0.2, 0.25) is 0 Å². The first kappa shape index (κ1) is 17.2. The fraction of sp³-hybridized carbons (Fsp3) is 0.389. The molecule has 0 radical (unpaired) electrons. The summed E-state index contributed by atoms with van der Waals surface area (Å²) >= 11 is 0. The number of ether oxygens (including phenoxy) is 1. The molecule has 1 aliphatic rings. The minimum atomic E-state index is -1.03. The Morgan fingerprint density at radius 1 is 1.36 bits per heavy atom. The first-order chi connectivity index (χ1) is 12.1. The average Bonchev–Trinajstić information content (AvgIpc) is 3.13. The summed E-state index contributed by atoms with van der Waals surface area (Å²) in [5.41, 5.74) is 1.45. The summed E-state index contributed by atoms with van der Waals surface area (Å²) in [7, 11) is 0. The fourth-order valence-corrected chi connectivity index (χ4v) is 2.98. The molecule has 1 fully saturated rings. The number of carboxylic acids is 1. The van der Waals surface area contributed by atoms with Gasteiger partial charge in [0, 0.05) is 30.5 Å². The summed E-state index contributed by atoms with van der Waals surface area (Å²) in [5, 5.41) is 16.2. The molecule has 2 aromatic rings. The molecule has 2 atom stereocenters. The van der Waals surface area contributed by atoms with Crippen LogP contribution in [-0.4, -0.2) is 46.0 Å². The average molecular weight is 343 g/mol. The zero-order chi connectivity index (χ0) is 17.6. The molecule has 1 aromatic heterocycles. The lowest BCUT2D eigenvalue weighted by Gasteiger charge is -2.28. The highest BCUT2D eigenvalue weighted by Crippen LogP contribution is 2.18. The Morgan fingerprint density at radius 2 is 2.16 bits per heavy atom. The van der Waals surface area contributed by atoms with Crippen LogP contribution in [-0.2, 0) is 16.1 Å². The van der Waals surface area contributed by atoms with E-state index in [4.69, 9.17) is 4.74 Å². The van der Waals surface area contributed by atoms with E-state index >= 15 is 0 Å². The number of amides is 1. The van der Waals surface area contributed by atoms with E-state index in [1.807, 2.05) is 24.4 Å². The van der Waals surface area contributed by atoms with Crippen molar-refractivity contribution in [3.63, 3.8) is 0 Å². The van der Waals surface area contributed by atoms with E-state index in [0.29, 0.717) is 25.3 Å². The second-order valence-electron chi connectivity index (χ2n) is 6.17. The van der Waals surface area contributed by atoms with Crippen LogP contribution in [0.3, 0.4) is 0 Å². The number of hydrogen-bond acceptors (Lipinski definition) is 4. The van der Waals surface area contributed by atoms with Gasteiger partial charge in [-0.1, -0.05) is 12.1 Å². The molecule has 3 rings (SSSR count). The summed E-state index contributed by atoms with van der Waals surface area (Å²) in [6.07, 6.45) is 5.12. The van der Waals surface area contributed by atoms with Gasteiger partial charge in [0.05, 0.1) is 13.2 Å². The second-order valence-corrected chi connectivity index (χ2v) is 6.17. The van der Waals surface area contributed by atoms with E-state index in [1.54, 1.807) is 23.0 Å². The Bertz CT molecular complexity index is 706. The highest BCUT2D eigenvalue weighted by molar-refractivity contribution is 5.96. The van der Waals surface area contributed by atoms with Crippen molar-refractivity contribution in [3.8, 4) is 0 Å². The zero-order valence-electron chi connectivity index (χ0n) is 13.8. The quantitative estimate of drug-likeness (QED) is 0.830. The number of aliphatic carboxylic acids is 1. The van der Waals surface area contributed by atoms with E-state index in [1.165, 1.54) is 0 Å². The zero-order valence-corrected chi connectivity index (χ0v) is 13.8. The van der Waals surface area contributed by atoms with Crippen molar-refractivity contribution in [1.82, 2.24) is 15.1 Å². The first-order valence-electron chi connectivity index (χ1n) is 8.31. The SMILES string of the molecule is O=C(N[C@@H](C(=O)O)[C@H]1CCCOC1)c1ccc(Cn2cccn2)cc1. The summed E-state index contributed by atoms with van der Waals surface area (Å²) in [5.74, 6) is -1.61. The summed E-state index contributed by atoms with van der Waals surface area (Å²) < 4.78 is 7.13. The molecule has 0 spiro atoms. The van der Waals surface area contributed by atoms with Gasteiger partial charge in [-0.25, -0.2) is 4.79 Å². The molecule has 25 heavy (non-hydrogen) atoms. The summed E-state index contributed by atoms with van der Waals surface area (Å²) in [6, 6.07) is 8.00. The Morgan fingerprint density at radius 3 is 2.76 bits per heavy atom. The smallest absolute Gasteiger partial charge is 0.326 e. The molecular formula is C18H21N3O4. The maximum atomic E-state index is 12.4. The van der Waals surface area contributed by atoms with Crippen LogP contribution in [0.1, 0.15) is 28.8 Å². The van der Waals surface area contributed by atoms with Gasteiger partial charge in [0.2, 0.25) is 0 Å². The lowest BCUT2D eigenvalue weighted by Crippen LogP contribution is -2.48. The number of carbonyl (C=O) groups excluding carboxylic acids is 1. The van der Waals surface area contributed by atoms with E-state index in [0.717, 1.165) is 18.4 Å². The number of carboxylic acid groups (broad SMARTS) is 1. The largest absolute Gasteiger partial charge is 0.480 e. The molecule has 0 aliphatic carbocycles. The predicted octanol–water partition coefficient (Wildman–Crippen LogP) is 1.54. The van der Waals surface area contributed by atoms with Gasteiger partial charge in [0.15, 0.2) is 0 Å². The van der Waals surface area contributed by atoms with Crippen LogP contribution in [0.25, 0.3) is 0 Å². The number of benzene rings is 1. The number of nitrogens with one attached hydrogen (secondary N) is 1. The van der Waals surface area contributed by atoms with Crippen molar-refractivity contribution in [2.75, 3.05) is 13.2 Å². The van der Waals surface area contributed by atoms with Gasteiger partial charge in [-0.15, -0.1) is 0 Å². The van der Waals surface area contributed by atoms with Crippen molar-refractivity contribution in [2.45, 2.75) is 25.4 Å². The molecule has 7 nitrogen and oxygen atoms in total. The topological polar surface area (TPSA) is 93.5 Å². The predicted molar refractivity (Wildman–Crippen MR) is 90.2 cm³/mol. The molecule has 2 heterocycles. The summed E-state index contributed by atoms with van der Waals surface area (Å²) in [4.78, 5) is 23.9.